The van der Waals surface area contributed by atoms with Gasteiger partial charge in [0.15, 0.2) is 11.5 Å². The van der Waals surface area contributed by atoms with Crippen LogP contribution < -0.4 is 14.8 Å². The first-order valence-corrected chi connectivity index (χ1v) is 7.65. The van der Waals surface area contributed by atoms with E-state index in [1.54, 1.807) is 26.4 Å². The van der Waals surface area contributed by atoms with Crippen LogP contribution in [0.25, 0.3) is 0 Å². The molecular weight excluding hydrogens is 298 g/mol. The van der Waals surface area contributed by atoms with Crippen LogP contribution in [-0.2, 0) is 20.7 Å². The number of unbranched alkanes of at least 4 members (excludes halogenated alkanes) is 2. The first-order valence-electron chi connectivity index (χ1n) is 7.65. The third kappa shape index (κ3) is 7.04. The van der Waals surface area contributed by atoms with Crippen molar-refractivity contribution in [2.24, 2.45) is 0 Å². The monoisotopic (exact) mass is 323 g/mol. The van der Waals surface area contributed by atoms with Crippen molar-refractivity contribution in [3.63, 3.8) is 0 Å². The minimum atomic E-state index is -0.192. The summed E-state index contributed by atoms with van der Waals surface area (Å²) in [5.74, 6) is 1.02. The molecule has 0 saturated heterocycles. The maximum absolute atomic E-state index is 11.9. The molecule has 0 heterocycles. The average Bonchev–Trinajstić information content (AvgIpc) is 2.57. The molecule has 1 N–H and O–H groups in total. The quantitative estimate of drug-likeness (QED) is 0.527. The third-order valence-corrected chi connectivity index (χ3v) is 3.42. The van der Waals surface area contributed by atoms with Gasteiger partial charge in [-0.3, -0.25) is 9.59 Å². The molecule has 6 nitrogen and oxygen atoms in total. The van der Waals surface area contributed by atoms with Crippen molar-refractivity contribution in [3.8, 4) is 11.5 Å². The van der Waals surface area contributed by atoms with Gasteiger partial charge in [-0.05, 0) is 30.5 Å². The van der Waals surface area contributed by atoms with E-state index in [1.165, 1.54) is 7.11 Å². The highest BCUT2D eigenvalue weighted by atomic mass is 16.5. The maximum Gasteiger partial charge on any atom is 0.305 e. The number of rotatable bonds is 10. The summed E-state index contributed by atoms with van der Waals surface area (Å²) >= 11 is 0. The summed E-state index contributed by atoms with van der Waals surface area (Å²) in [7, 11) is 4.52. The molecule has 0 spiro atoms. The predicted molar refractivity (Wildman–Crippen MR) is 86.7 cm³/mol. The molecule has 0 aliphatic rings. The Hall–Kier alpha value is -2.24. The predicted octanol–water partition coefficient (Wildman–Crippen LogP) is 2.10. The van der Waals surface area contributed by atoms with E-state index in [0.29, 0.717) is 30.9 Å². The molecule has 0 radical (unpaired) electrons. The topological polar surface area (TPSA) is 73.9 Å². The number of methoxy groups -OCH3 is 3. The Kier molecular flexibility index (Phi) is 8.57. The molecule has 128 valence electrons. The first kappa shape index (κ1) is 18.8. The summed E-state index contributed by atoms with van der Waals surface area (Å²) < 4.78 is 15.0. The molecule has 0 saturated carbocycles. The van der Waals surface area contributed by atoms with Crippen LogP contribution in [0.3, 0.4) is 0 Å². The molecule has 0 aliphatic heterocycles. The Morgan fingerprint density at radius 3 is 2.39 bits per heavy atom. The first-order chi connectivity index (χ1) is 11.1. The van der Waals surface area contributed by atoms with Crippen LogP contribution in [0.15, 0.2) is 18.2 Å². The summed E-state index contributed by atoms with van der Waals surface area (Å²) in [4.78, 5) is 22.8. The highest BCUT2D eigenvalue weighted by Gasteiger charge is 2.08. The van der Waals surface area contributed by atoms with Gasteiger partial charge in [0.1, 0.15) is 0 Å². The summed E-state index contributed by atoms with van der Waals surface area (Å²) in [6, 6.07) is 5.43. The minimum Gasteiger partial charge on any atom is -0.493 e. The van der Waals surface area contributed by atoms with Crippen LogP contribution in [0.2, 0.25) is 0 Å². The molecule has 1 rings (SSSR count). The fourth-order valence-corrected chi connectivity index (χ4v) is 2.14. The van der Waals surface area contributed by atoms with E-state index in [9.17, 15) is 9.59 Å². The summed E-state index contributed by atoms with van der Waals surface area (Å²) in [6.45, 7) is 0.604. The lowest BCUT2D eigenvalue weighted by Gasteiger charge is -2.10. The fourth-order valence-electron chi connectivity index (χ4n) is 2.14. The van der Waals surface area contributed by atoms with Gasteiger partial charge in [0.2, 0.25) is 5.91 Å². The molecule has 23 heavy (non-hydrogen) atoms. The largest absolute Gasteiger partial charge is 0.493 e. The highest BCUT2D eigenvalue weighted by molar-refractivity contribution is 5.78. The van der Waals surface area contributed by atoms with Gasteiger partial charge in [0, 0.05) is 13.0 Å². The Morgan fingerprint density at radius 2 is 1.74 bits per heavy atom. The van der Waals surface area contributed by atoms with E-state index in [4.69, 9.17) is 9.47 Å². The van der Waals surface area contributed by atoms with Crippen LogP contribution in [0, 0.1) is 0 Å². The zero-order chi connectivity index (χ0) is 17.1. The zero-order valence-electron chi connectivity index (χ0n) is 14.0. The summed E-state index contributed by atoms with van der Waals surface area (Å²) in [5.41, 5.74) is 0.867. The van der Waals surface area contributed by atoms with Crippen LogP contribution in [0.5, 0.6) is 11.5 Å². The number of carbonyl (C=O) groups excluding carboxylic acids is 2. The van der Waals surface area contributed by atoms with E-state index in [1.807, 2.05) is 6.07 Å². The second-order valence-electron chi connectivity index (χ2n) is 5.10. The second-order valence-corrected chi connectivity index (χ2v) is 5.10. The third-order valence-electron chi connectivity index (χ3n) is 3.42. The lowest BCUT2D eigenvalue weighted by atomic mass is 10.1. The van der Waals surface area contributed by atoms with Crippen LogP contribution in [0.1, 0.15) is 31.2 Å². The number of esters is 1. The van der Waals surface area contributed by atoms with Gasteiger partial charge < -0.3 is 19.5 Å². The van der Waals surface area contributed by atoms with Gasteiger partial charge in [-0.25, -0.2) is 0 Å². The number of amides is 1. The van der Waals surface area contributed by atoms with Crippen LogP contribution in [0.4, 0.5) is 0 Å². The van der Waals surface area contributed by atoms with Crippen molar-refractivity contribution >= 4 is 11.9 Å². The van der Waals surface area contributed by atoms with E-state index >= 15 is 0 Å². The fraction of sp³-hybridized carbons (Fsp3) is 0.529. The number of ether oxygens (including phenoxy) is 3. The maximum atomic E-state index is 11.9. The Labute approximate surface area is 137 Å². The van der Waals surface area contributed by atoms with Crippen molar-refractivity contribution < 1.29 is 23.8 Å². The molecule has 0 aliphatic carbocycles. The smallest absolute Gasteiger partial charge is 0.305 e. The van der Waals surface area contributed by atoms with Gasteiger partial charge in [-0.15, -0.1) is 0 Å². The molecule has 0 unspecified atom stereocenters. The number of carbonyl (C=O) groups is 2. The molecule has 1 aromatic rings. The van der Waals surface area contributed by atoms with Crippen molar-refractivity contribution in [1.29, 1.82) is 0 Å². The zero-order valence-corrected chi connectivity index (χ0v) is 14.0. The van der Waals surface area contributed by atoms with Crippen molar-refractivity contribution in [2.75, 3.05) is 27.9 Å². The Morgan fingerprint density at radius 1 is 1.00 bits per heavy atom. The highest BCUT2D eigenvalue weighted by Crippen LogP contribution is 2.27. The summed E-state index contributed by atoms with van der Waals surface area (Å²) in [6.07, 6.45) is 3.22. The van der Waals surface area contributed by atoms with Gasteiger partial charge >= 0.3 is 5.97 Å². The summed E-state index contributed by atoms with van der Waals surface area (Å²) in [5, 5.41) is 2.87. The van der Waals surface area contributed by atoms with Crippen molar-refractivity contribution in [3.05, 3.63) is 23.8 Å². The SMILES string of the molecule is COC(=O)CCCCCNC(=O)Cc1ccc(OC)c(OC)c1. The molecule has 6 heteroatoms. The number of benzene rings is 1. The van der Waals surface area contributed by atoms with Crippen LogP contribution >= 0.6 is 0 Å². The molecule has 0 aromatic heterocycles. The van der Waals surface area contributed by atoms with Crippen molar-refractivity contribution in [2.45, 2.75) is 32.1 Å². The molecular formula is C17H25NO5. The normalized spacial score (nSPS) is 10.0. The lowest BCUT2D eigenvalue weighted by Crippen LogP contribution is -2.26. The Balaban J connectivity index is 2.27. The van der Waals surface area contributed by atoms with Crippen LogP contribution in [-0.4, -0.2) is 39.8 Å². The standard InChI is InChI=1S/C17H25NO5/c1-21-14-9-8-13(11-15(14)22-2)12-16(19)18-10-6-4-5-7-17(20)23-3/h8-9,11H,4-7,10,12H2,1-3H3,(H,18,19). The van der Waals surface area contributed by atoms with Gasteiger partial charge in [-0.2, -0.15) is 0 Å². The Bertz CT molecular complexity index is 516. The van der Waals surface area contributed by atoms with E-state index in [0.717, 1.165) is 24.8 Å². The second kappa shape index (κ2) is 10.5. The van der Waals surface area contributed by atoms with Gasteiger partial charge in [-0.1, -0.05) is 12.5 Å². The average molecular weight is 323 g/mol. The van der Waals surface area contributed by atoms with E-state index in [2.05, 4.69) is 10.1 Å². The van der Waals surface area contributed by atoms with Gasteiger partial charge in [0.05, 0.1) is 27.8 Å². The minimum absolute atomic E-state index is 0.0369. The molecule has 0 bridgehead atoms. The number of hydrogen-bond acceptors (Lipinski definition) is 5. The van der Waals surface area contributed by atoms with Gasteiger partial charge in [0.25, 0.3) is 0 Å². The molecule has 0 fully saturated rings. The van der Waals surface area contributed by atoms with Crippen molar-refractivity contribution in [1.82, 2.24) is 5.32 Å². The number of nitrogens with one attached hydrogen (secondary N) is 1. The molecule has 1 aromatic carbocycles. The molecule has 0 atom stereocenters. The lowest BCUT2D eigenvalue weighted by molar-refractivity contribution is -0.140. The number of hydrogen-bond donors (Lipinski definition) is 1. The van der Waals surface area contributed by atoms with E-state index in [-0.39, 0.29) is 11.9 Å². The molecule has 1 amide bonds. The van der Waals surface area contributed by atoms with E-state index < -0.39 is 0 Å².